The van der Waals surface area contributed by atoms with Gasteiger partial charge in [0.2, 0.25) is 6.79 Å². The highest BCUT2D eigenvalue weighted by molar-refractivity contribution is 5.48. The molecule has 1 aliphatic rings. The molecule has 13 heavy (non-hydrogen) atoms. The first kappa shape index (κ1) is 8.38. The van der Waals surface area contributed by atoms with Crippen molar-refractivity contribution in [3.05, 3.63) is 23.8 Å². The van der Waals surface area contributed by atoms with Crippen molar-refractivity contribution >= 4 is 0 Å². The van der Waals surface area contributed by atoms with Crippen LogP contribution in [0.4, 0.5) is 0 Å². The SMILES string of the molecule is C[C@@H](N)Cc1cccc2c1OCO2. The summed E-state index contributed by atoms with van der Waals surface area (Å²) in [6.07, 6.45) is 0.826. The van der Waals surface area contributed by atoms with Crippen molar-refractivity contribution in [1.82, 2.24) is 0 Å². The Morgan fingerprint density at radius 1 is 1.46 bits per heavy atom. The van der Waals surface area contributed by atoms with Gasteiger partial charge >= 0.3 is 0 Å². The minimum absolute atomic E-state index is 0.149. The standard InChI is InChI=1S/C10H13NO2/c1-7(11)5-8-3-2-4-9-10(8)13-6-12-9/h2-4,7H,5-6,11H2,1H3/t7-/m1/s1. The van der Waals surface area contributed by atoms with E-state index >= 15 is 0 Å². The lowest BCUT2D eigenvalue weighted by molar-refractivity contribution is 0.173. The molecule has 0 saturated heterocycles. The molecule has 1 atom stereocenters. The zero-order valence-electron chi connectivity index (χ0n) is 7.62. The molecule has 1 aromatic rings. The molecule has 2 N–H and O–H groups in total. The van der Waals surface area contributed by atoms with Crippen LogP contribution < -0.4 is 15.2 Å². The summed E-state index contributed by atoms with van der Waals surface area (Å²) < 4.78 is 10.6. The van der Waals surface area contributed by atoms with Gasteiger partial charge in [0.1, 0.15) is 0 Å². The Morgan fingerprint density at radius 2 is 2.31 bits per heavy atom. The molecule has 2 rings (SSSR count). The van der Waals surface area contributed by atoms with E-state index in [2.05, 4.69) is 0 Å². The summed E-state index contributed by atoms with van der Waals surface area (Å²) in [5.74, 6) is 1.69. The Balaban J connectivity index is 2.30. The van der Waals surface area contributed by atoms with Crippen molar-refractivity contribution in [2.75, 3.05) is 6.79 Å². The molecular weight excluding hydrogens is 166 g/mol. The molecule has 0 radical (unpaired) electrons. The van der Waals surface area contributed by atoms with Crippen LogP contribution in [0.25, 0.3) is 0 Å². The van der Waals surface area contributed by atoms with Crippen molar-refractivity contribution in [1.29, 1.82) is 0 Å². The van der Waals surface area contributed by atoms with Gasteiger partial charge in [-0.1, -0.05) is 12.1 Å². The lowest BCUT2D eigenvalue weighted by Crippen LogP contribution is -2.17. The first-order valence-corrected chi connectivity index (χ1v) is 4.40. The molecule has 0 saturated carbocycles. The van der Waals surface area contributed by atoms with Crippen LogP contribution in [0, 0.1) is 0 Å². The van der Waals surface area contributed by atoms with E-state index in [-0.39, 0.29) is 6.04 Å². The molecule has 0 fully saturated rings. The van der Waals surface area contributed by atoms with Gasteiger partial charge < -0.3 is 15.2 Å². The van der Waals surface area contributed by atoms with Crippen molar-refractivity contribution in [2.24, 2.45) is 5.73 Å². The van der Waals surface area contributed by atoms with Crippen LogP contribution in [0.2, 0.25) is 0 Å². The van der Waals surface area contributed by atoms with E-state index in [1.165, 1.54) is 0 Å². The summed E-state index contributed by atoms with van der Waals surface area (Å²) in [6.45, 7) is 2.31. The van der Waals surface area contributed by atoms with E-state index in [4.69, 9.17) is 15.2 Å². The maximum Gasteiger partial charge on any atom is 0.231 e. The smallest absolute Gasteiger partial charge is 0.231 e. The van der Waals surface area contributed by atoms with E-state index in [1.54, 1.807) is 0 Å². The predicted molar refractivity (Wildman–Crippen MR) is 49.9 cm³/mol. The number of para-hydroxylation sites is 1. The molecule has 0 aromatic heterocycles. The number of benzene rings is 1. The molecule has 0 spiro atoms. The van der Waals surface area contributed by atoms with Gasteiger partial charge in [-0.05, 0) is 25.0 Å². The number of rotatable bonds is 2. The molecule has 3 heteroatoms. The third-order valence-electron chi connectivity index (χ3n) is 2.02. The summed E-state index contributed by atoms with van der Waals surface area (Å²) in [7, 11) is 0. The van der Waals surface area contributed by atoms with Gasteiger partial charge in [0, 0.05) is 6.04 Å². The maximum atomic E-state index is 5.72. The second-order valence-electron chi connectivity index (χ2n) is 3.33. The van der Waals surface area contributed by atoms with E-state index < -0.39 is 0 Å². The molecule has 0 aliphatic carbocycles. The third kappa shape index (κ3) is 1.60. The summed E-state index contributed by atoms with van der Waals surface area (Å²) in [5.41, 5.74) is 6.85. The van der Waals surface area contributed by atoms with Crippen LogP contribution in [-0.2, 0) is 6.42 Å². The molecule has 0 unspecified atom stereocenters. The number of fused-ring (bicyclic) bond motifs is 1. The number of ether oxygens (including phenoxy) is 2. The summed E-state index contributed by atoms with van der Waals surface area (Å²) in [6, 6.07) is 6.05. The van der Waals surface area contributed by atoms with Crippen molar-refractivity contribution < 1.29 is 9.47 Å². The highest BCUT2D eigenvalue weighted by atomic mass is 16.7. The third-order valence-corrected chi connectivity index (χ3v) is 2.02. The Labute approximate surface area is 77.5 Å². The highest BCUT2D eigenvalue weighted by Gasteiger charge is 2.17. The van der Waals surface area contributed by atoms with Crippen molar-refractivity contribution in [3.63, 3.8) is 0 Å². The lowest BCUT2D eigenvalue weighted by atomic mass is 10.1. The van der Waals surface area contributed by atoms with E-state index in [0.29, 0.717) is 6.79 Å². The normalized spacial score (nSPS) is 15.8. The summed E-state index contributed by atoms with van der Waals surface area (Å²) >= 11 is 0. The van der Waals surface area contributed by atoms with Crippen molar-refractivity contribution in [3.8, 4) is 11.5 Å². The highest BCUT2D eigenvalue weighted by Crippen LogP contribution is 2.35. The van der Waals surface area contributed by atoms with Crippen LogP contribution in [0.15, 0.2) is 18.2 Å². The molecule has 70 valence electrons. The predicted octanol–water partition coefficient (Wildman–Crippen LogP) is 1.31. The van der Waals surface area contributed by atoms with Gasteiger partial charge in [0.05, 0.1) is 0 Å². The Bertz CT molecular complexity index is 310. The molecule has 0 amide bonds. The largest absolute Gasteiger partial charge is 0.454 e. The summed E-state index contributed by atoms with van der Waals surface area (Å²) in [4.78, 5) is 0. The second-order valence-corrected chi connectivity index (χ2v) is 3.33. The number of nitrogens with two attached hydrogens (primary N) is 1. The van der Waals surface area contributed by atoms with Gasteiger partial charge in [-0.25, -0.2) is 0 Å². The van der Waals surface area contributed by atoms with Gasteiger partial charge in [0.25, 0.3) is 0 Å². The van der Waals surface area contributed by atoms with Gasteiger partial charge in [-0.2, -0.15) is 0 Å². The minimum Gasteiger partial charge on any atom is -0.454 e. The van der Waals surface area contributed by atoms with Crippen LogP contribution in [0.1, 0.15) is 12.5 Å². The molecule has 0 bridgehead atoms. The van der Waals surface area contributed by atoms with Crippen molar-refractivity contribution in [2.45, 2.75) is 19.4 Å². The van der Waals surface area contributed by atoms with Crippen LogP contribution in [0.3, 0.4) is 0 Å². The van der Waals surface area contributed by atoms with Gasteiger partial charge in [-0.15, -0.1) is 0 Å². The van der Waals surface area contributed by atoms with Gasteiger partial charge in [-0.3, -0.25) is 0 Å². The second kappa shape index (κ2) is 3.26. The van der Waals surface area contributed by atoms with E-state index in [1.807, 2.05) is 25.1 Å². The Morgan fingerprint density at radius 3 is 3.08 bits per heavy atom. The molecule has 3 nitrogen and oxygen atoms in total. The van der Waals surface area contributed by atoms with E-state index in [9.17, 15) is 0 Å². The first-order chi connectivity index (χ1) is 6.27. The molecule has 1 aromatic carbocycles. The zero-order chi connectivity index (χ0) is 9.26. The number of hydrogen-bond donors (Lipinski definition) is 1. The molecule has 1 heterocycles. The first-order valence-electron chi connectivity index (χ1n) is 4.40. The fourth-order valence-corrected chi connectivity index (χ4v) is 1.50. The quantitative estimate of drug-likeness (QED) is 0.744. The minimum atomic E-state index is 0.149. The topological polar surface area (TPSA) is 44.5 Å². The average Bonchev–Trinajstić information content (AvgIpc) is 2.51. The molecular formula is C10H13NO2. The fraction of sp³-hybridized carbons (Fsp3) is 0.400. The van der Waals surface area contributed by atoms with E-state index in [0.717, 1.165) is 23.5 Å². The lowest BCUT2D eigenvalue weighted by Gasteiger charge is -2.07. The monoisotopic (exact) mass is 179 g/mol. The van der Waals surface area contributed by atoms with Crippen LogP contribution in [-0.4, -0.2) is 12.8 Å². The number of hydrogen-bond acceptors (Lipinski definition) is 3. The average molecular weight is 179 g/mol. The van der Waals surface area contributed by atoms with Crippen LogP contribution >= 0.6 is 0 Å². The van der Waals surface area contributed by atoms with Gasteiger partial charge in [0.15, 0.2) is 11.5 Å². The zero-order valence-corrected chi connectivity index (χ0v) is 7.62. The fourth-order valence-electron chi connectivity index (χ4n) is 1.50. The summed E-state index contributed by atoms with van der Waals surface area (Å²) in [5, 5.41) is 0. The Hall–Kier alpha value is -1.22. The Kier molecular flexibility index (Phi) is 2.10. The maximum absolute atomic E-state index is 5.72. The van der Waals surface area contributed by atoms with Crippen LogP contribution in [0.5, 0.6) is 11.5 Å². The molecule has 1 aliphatic heterocycles.